The number of hydrogen-bond acceptors (Lipinski definition) is 4. The Morgan fingerprint density at radius 3 is 2.19 bits per heavy atom. The van der Waals surface area contributed by atoms with Crippen LogP contribution in [0, 0.1) is 0 Å². The molecule has 2 rings (SSSR count). The molecule has 150 valence electrons. The first-order valence-electron chi connectivity index (χ1n) is 8.40. The maximum absolute atomic E-state index is 12.7. The van der Waals surface area contributed by atoms with Crippen molar-refractivity contribution in [3.8, 4) is 0 Å². The number of carbonyl (C=O) groups is 2. The molecule has 0 radical (unpaired) electrons. The molecule has 1 saturated heterocycles. The van der Waals surface area contributed by atoms with Gasteiger partial charge in [-0.25, -0.2) is 9.59 Å². The summed E-state index contributed by atoms with van der Waals surface area (Å²) < 4.78 is 48.3. The van der Waals surface area contributed by atoms with Crippen LogP contribution in [0.4, 0.5) is 22.8 Å². The van der Waals surface area contributed by atoms with Gasteiger partial charge in [-0.3, -0.25) is 0 Å². The lowest BCUT2D eigenvalue weighted by atomic mass is 9.89. The number of likely N-dealkylation sites (tertiary alicyclic amines) is 1. The molecule has 1 aliphatic rings. The first kappa shape index (κ1) is 20.9. The summed E-state index contributed by atoms with van der Waals surface area (Å²) in [6.07, 6.45) is -7.08. The van der Waals surface area contributed by atoms with Crippen LogP contribution in [0.15, 0.2) is 24.3 Å². The molecule has 6 nitrogen and oxygen atoms in total. The summed E-state index contributed by atoms with van der Waals surface area (Å²) in [5.41, 5.74) is -0.943. The molecule has 2 atom stereocenters. The number of piperidine rings is 1. The Bertz CT molecular complexity index is 682. The van der Waals surface area contributed by atoms with E-state index in [0.29, 0.717) is 5.56 Å². The van der Waals surface area contributed by atoms with Crippen molar-refractivity contribution in [2.24, 2.45) is 0 Å². The third-order valence-electron chi connectivity index (χ3n) is 4.04. The van der Waals surface area contributed by atoms with Crippen molar-refractivity contribution < 1.29 is 37.3 Å². The molecule has 1 aliphatic heterocycles. The van der Waals surface area contributed by atoms with Crippen molar-refractivity contribution in [1.29, 1.82) is 0 Å². The smallest absolute Gasteiger partial charge is 0.450 e. The monoisotopic (exact) mass is 389 g/mol. The predicted molar refractivity (Wildman–Crippen MR) is 89.5 cm³/mol. The van der Waals surface area contributed by atoms with Crippen LogP contribution in [0.25, 0.3) is 0 Å². The van der Waals surface area contributed by atoms with E-state index in [0.717, 1.165) is 12.1 Å². The standard InChI is InChI=1S/C18H22F3NO5/c1-17(2,3)27-15(23)22-9-12(8-14(10-22)26-16(24)25)11-4-6-13(7-5-11)18(19,20)21/h4-7,12,14H,8-10H2,1-3H3,(H,24,25). The molecule has 1 heterocycles. The van der Waals surface area contributed by atoms with E-state index in [-0.39, 0.29) is 25.4 Å². The highest BCUT2D eigenvalue weighted by Gasteiger charge is 2.36. The maximum Gasteiger partial charge on any atom is 0.506 e. The van der Waals surface area contributed by atoms with E-state index in [4.69, 9.17) is 14.6 Å². The average Bonchev–Trinajstić information content (AvgIpc) is 2.51. The van der Waals surface area contributed by atoms with Gasteiger partial charge in [0.25, 0.3) is 0 Å². The average molecular weight is 389 g/mol. The van der Waals surface area contributed by atoms with Crippen LogP contribution in [0.5, 0.6) is 0 Å². The van der Waals surface area contributed by atoms with Gasteiger partial charge in [0.05, 0.1) is 12.1 Å². The molecule has 9 heteroatoms. The third-order valence-corrected chi connectivity index (χ3v) is 4.04. The Balaban J connectivity index is 2.21. The Morgan fingerprint density at radius 2 is 1.70 bits per heavy atom. The van der Waals surface area contributed by atoms with Crippen LogP contribution in [0.3, 0.4) is 0 Å². The molecule has 27 heavy (non-hydrogen) atoms. The van der Waals surface area contributed by atoms with Crippen LogP contribution in [-0.4, -0.2) is 47.0 Å². The molecule has 0 spiro atoms. The van der Waals surface area contributed by atoms with E-state index >= 15 is 0 Å². The summed E-state index contributed by atoms with van der Waals surface area (Å²) in [4.78, 5) is 24.6. The summed E-state index contributed by atoms with van der Waals surface area (Å²) in [6, 6.07) is 4.61. The van der Waals surface area contributed by atoms with Gasteiger partial charge in [-0.15, -0.1) is 0 Å². The molecule has 1 aromatic rings. The highest BCUT2D eigenvalue weighted by molar-refractivity contribution is 5.68. The van der Waals surface area contributed by atoms with E-state index in [1.807, 2.05) is 0 Å². The highest BCUT2D eigenvalue weighted by atomic mass is 19.4. The third kappa shape index (κ3) is 6.04. The first-order chi connectivity index (χ1) is 12.3. The van der Waals surface area contributed by atoms with Gasteiger partial charge in [0.15, 0.2) is 0 Å². The lowest BCUT2D eigenvalue weighted by Gasteiger charge is -2.37. The summed E-state index contributed by atoms with van der Waals surface area (Å²) >= 11 is 0. The van der Waals surface area contributed by atoms with Gasteiger partial charge in [-0.2, -0.15) is 13.2 Å². The first-order valence-corrected chi connectivity index (χ1v) is 8.40. The zero-order chi connectivity index (χ0) is 20.4. The van der Waals surface area contributed by atoms with Gasteiger partial charge < -0.3 is 19.5 Å². The van der Waals surface area contributed by atoms with E-state index in [1.165, 1.54) is 17.0 Å². The van der Waals surface area contributed by atoms with Gasteiger partial charge >= 0.3 is 18.4 Å². The minimum atomic E-state index is -4.44. The van der Waals surface area contributed by atoms with E-state index < -0.39 is 35.7 Å². The van der Waals surface area contributed by atoms with Crippen LogP contribution in [0.1, 0.15) is 44.2 Å². The second-order valence-corrected chi connectivity index (χ2v) is 7.44. The second kappa shape index (κ2) is 7.66. The van der Waals surface area contributed by atoms with E-state index in [1.54, 1.807) is 20.8 Å². The molecule has 1 fully saturated rings. The molecule has 0 aliphatic carbocycles. The summed E-state index contributed by atoms with van der Waals surface area (Å²) in [5.74, 6) is -0.377. The Labute approximate surface area is 154 Å². The van der Waals surface area contributed by atoms with E-state index in [2.05, 4.69) is 0 Å². The minimum Gasteiger partial charge on any atom is -0.450 e. The predicted octanol–water partition coefficient (Wildman–Crippen LogP) is 4.49. The van der Waals surface area contributed by atoms with Crippen molar-refractivity contribution in [1.82, 2.24) is 4.90 Å². The van der Waals surface area contributed by atoms with Gasteiger partial charge in [-0.1, -0.05) is 12.1 Å². The van der Waals surface area contributed by atoms with Gasteiger partial charge in [0.2, 0.25) is 0 Å². The SMILES string of the molecule is CC(C)(C)OC(=O)N1CC(OC(=O)O)CC(c2ccc(C(F)(F)F)cc2)C1. The normalized spacial score (nSPS) is 20.9. The lowest BCUT2D eigenvalue weighted by Crippen LogP contribution is -2.48. The van der Waals surface area contributed by atoms with Crippen molar-refractivity contribution in [2.45, 2.75) is 51.0 Å². The molecular weight excluding hydrogens is 367 g/mol. The number of halogens is 3. The number of benzene rings is 1. The summed E-state index contributed by atoms with van der Waals surface area (Å²) in [6.45, 7) is 5.33. The molecule has 2 unspecified atom stereocenters. The Hall–Kier alpha value is -2.45. The second-order valence-electron chi connectivity index (χ2n) is 7.44. The fraction of sp³-hybridized carbons (Fsp3) is 0.556. The molecule has 1 aromatic carbocycles. The molecule has 0 bridgehead atoms. The number of rotatable bonds is 2. The van der Waals surface area contributed by atoms with Gasteiger partial charge in [0.1, 0.15) is 11.7 Å². The topological polar surface area (TPSA) is 76.1 Å². The zero-order valence-corrected chi connectivity index (χ0v) is 15.2. The fourth-order valence-electron chi connectivity index (χ4n) is 2.94. The number of hydrogen-bond donors (Lipinski definition) is 1. The Morgan fingerprint density at radius 1 is 1.11 bits per heavy atom. The van der Waals surface area contributed by atoms with Gasteiger partial charge in [0, 0.05) is 12.5 Å². The molecule has 1 N–H and O–H groups in total. The highest BCUT2D eigenvalue weighted by Crippen LogP contribution is 2.33. The molecule has 0 aromatic heterocycles. The fourth-order valence-corrected chi connectivity index (χ4v) is 2.94. The number of amides is 1. The van der Waals surface area contributed by atoms with Crippen molar-refractivity contribution in [2.75, 3.05) is 13.1 Å². The van der Waals surface area contributed by atoms with Crippen molar-refractivity contribution in [3.05, 3.63) is 35.4 Å². The minimum absolute atomic E-state index is 0.0261. The largest absolute Gasteiger partial charge is 0.506 e. The van der Waals surface area contributed by atoms with Crippen molar-refractivity contribution >= 4 is 12.2 Å². The van der Waals surface area contributed by atoms with Crippen LogP contribution < -0.4 is 0 Å². The quantitative estimate of drug-likeness (QED) is 0.754. The van der Waals surface area contributed by atoms with Crippen molar-refractivity contribution in [3.63, 3.8) is 0 Å². The van der Waals surface area contributed by atoms with Crippen LogP contribution in [0.2, 0.25) is 0 Å². The van der Waals surface area contributed by atoms with E-state index in [9.17, 15) is 22.8 Å². The lowest BCUT2D eigenvalue weighted by molar-refractivity contribution is -0.137. The number of carbonyl (C=O) groups excluding carboxylic acids is 1. The molecular formula is C18H22F3NO5. The van der Waals surface area contributed by atoms with Crippen LogP contribution >= 0.6 is 0 Å². The Kier molecular flexibility index (Phi) is 5.91. The summed E-state index contributed by atoms with van der Waals surface area (Å²) in [5, 5.41) is 8.88. The number of nitrogens with zero attached hydrogens (tertiary/aromatic N) is 1. The molecule has 0 saturated carbocycles. The maximum atomic E-state index is 12.7. The van der Waals surface area contributed by atoms with Gasteiger partial charge in [-0.05, 0) is 44.9 Å². The number of ether oxygens (including phenoxy) is 2. The van der Waals surface area contributed by atoms with Crippen LogP contribution in [-0.2, 0) is 15.7 Å². The summed E-state index contributed by atoms with van der Waals surface area (Å²) in [7, 11) is 0. The zero-order valence-electron chi connectivity index (χ0n) is 15.2. The molecule has 1 amide bonds. The number of carboxylic acid groups (broad SMARTS) is 1. The number of alkyl halides is 3.